The molecule has 0 spiro atoms. The van der Waals surface area contributed by atoms with Crippen molar-refractivity contribution in [1.29, 1.82) is 0 Å². The summed E-state index contributed by atoms with van der Waals surface area (Å²) in [5, 5.41) is 8.82. The molecule has 7 nitrogen and oxygen atoms in total. The van der Waals surface area contributed by atoms with E-state index in [2.05, 4.69) is 4.72 Å². The van der Waals surface area contributed by atoms with Crippen molar-refractivity contribution in [2.75, 3.05) is 14.2 Å². The normalized spacial score (nSPS) is 16.7. The molecule has 1 aromatic carbocycles. The molecular formula is C19H27NO6S. The summed E-state index contributed by atoms with van der Waals surface area (Å²) in [4.78, 5) is 10.7. The molecule has 0 saturated heterocycles. The van der Waals surface area contributed by atoms with E-state index in [0.29, 0.717) is 5.56 Å². The first-order chi connectivity index (χ1) is 12.9. The number of methoxy groups -OCH3 is 2. The first kappa shape index (κ1) is 21.2. The number of carbonyl (C=O) groups is 1. The number of benzene rings is 1. The van der Waals surface area contributed by atoms with E-state index in [1.807, 2.05) is 0 Å². The Morgan fingerprint density at radius 1 is 1.11 bits per heavy atom. The molecular weight excluding hydrogens is 370 g/mol. The molecule has 0 atom stereocenters. The van der Waals surface area contributed by atoms with Gasteiger partial charge in [0.25, 0.3) is 0 Å². The van der Waals surface area contributed by atoms with Crippen molar-refractivity contribution in [2.45, 2.75) is 55.9 Å². The highest BCUT2D eigenvalue weighted by Crippen LogP contribution is 2.36. The van der Waals surface area contributed by atoms with Crippen molar-refractivity contribution in [3.8, 4) is 11.5 Å². The second kappa shape index (κ2) is 9.75. The van der Waals surface area contributed by atoms with Crippen LogP contribution in [0.2, 0.25) is 0 Å². The minimum atomic E-state index is -3.86. The third-order valence-electron chi connectivity index (χ3n) is 4.60. The number of sulfonamides is 1. The van der Waals surface area contributed by atoms with Crippen LogP contribution < -0.4 is 14.2 Å². The van der Waals surface area contributed by atoms with Crippen molar-refractivity contribution < 1.29 is 27.8 Å². The Morgan fingerprint density at radius 2 is 1.74 bits per heavy atom. The fraction of sp³-hybridized carbons (Fsp3) is 0.526. The Labute approximate surface area is 160 Å². The van der Waals surface area contributed by atoms with Gasteiger partial charge >= 0.3 is 5.97 Å². The lowest BCUT2D eigenvalue weighted by Crippen LogP contribution is -2.35. The molecule has 2 N–H and O–H groups in total. The van der Waals surface area contributed by atoms with Crippen LogP contribution in [0.15, 0.2) is 23.1 Å². The third-order valence-corrected chi connectivity index (χ3v) is 6.13. The highest BCUT2D eigenvalue weighted by molar-refractivity contribution is 7.89. The van der Waals surface area contributed by atoms with E-state index in [0.717, 1.165) is 44.6 Å². The molecule has 0 bridgehead atoms. The Morgan fingerprint density at radius 3 is 2.30 bits per heavy atom. The predicted octanol–water partition coefficient (Wildman–Crippen LogP) is 3.19. The molecule has 1 aliphatic rings. The Balaban J connectivity index is 2.39. The lowest BCUT2D eigenvalue weighted by atomic mass is 9.97. The number of carboxylic acid groups (broad SMARTS) is 1. The summed E-state index contributed by atoms with van der Waals surface area (Å²) in [6.45, 7) is 0. The Bertz CT molecular complexity index is 780. The lowest BCUT2D eigenvalue weighted by Gasteiger charge is -2.22. The van der Waals surface area contributed by atoms with E-state index >= 15 is 0 Å². The van der Waals surface area contributed by atoms with E-state index in [-0.39, 0.29) is 22.4 Å². The van der Waals surface area contributed by atoms with Gasteiger partial charge in [-0.2, -0.15) is 0 Å². The third kappa shape index (κ3) is 5.97. The van der Waals surface area contributed by atoms with Gasteiger partial charge in [-0.1, -0.05) is 32.1 Å². The van der Waals surface area contributed by atoms with Crippen LogP contribution in [0.4, 0.5) is 0 Å². The van der Waals surface area contributed by atoms with Crippen LogP contribution in [0.1, 0.15) is 50.5 Å². The van der Waals surface area contributed by atoms with E-state index in [1.54, 1.807) is 0 Å². The minimum Gasteiger partial charge on any atom is -0.493 e. The van der Waals surface area contributed by atoms with Gasteiger partial charge in [0.2, 0.25) is 10.0 Å². The van der Waals surface area contributed by atoms with Gasteiger partial charge in [-0.25, -0.2) is 17.9 Å². The molecule has 0 aliphatic heterocycles. The number of nitrogens with one attached hydrogen (secondary N) is 1. The summed E-state index contributed by atoms with van der Waals surface area (Å²) in [6, 6.07) is 2.81. The molecule has 0 radical (unpaired) electrons. The van der Waals surface area contributed by atoms with Crippen LogP contribution in [0.3, 0.4) is 0 Å². The van der Waals surface area contributed by atoms with E-state index in [9.17, 15) is 13.2 Å². The number of ether oxygens (including phenoxy) is 2. The highest BCUT2D eigenvalue weighted by atomic mass is 32.2. The van der Waals surface area contributed by atoms with Gasteiger partial charge in [0, 0.05) is 12.1 Å². The fourth-order valence-electron chi connectivity index (χ4n) is 3.27. The molecule has 150 valence electrons. The summed E-state index contributed by atoms with van der Waals surface area (Å²) < 4.78 is 39.4. The maximum atomic E-state index is 13.0. The van der Waals surface area contributed by atoms with Crippen LogP contribution in [0.25, 0.3) is 6.08 Å². The molecule has 0 heterocycles. The summed E-state index contributed by atoms with van der Waals surface area (Å²) in [5.74, 6) is -0.798. The summed E-state index contributed by atoms with van der Waals surface area (Å²) in [5.41, 5.74) is 0.396. The van der Waals surface area contributed by atoms with Crippen molar-refractivity contribution in [2.24, 2.45) is 0 Å². The zero-order valence-corrected chi connectivity index (χ0v) is 16.5. The molecule has 2 rings (SSSR count). The molecule has 0 unspecified atom stereocenters. The number of hydrogen-bond acceptors (Lipinski definition) is 5. The van der Waals surface area contributed by atoms with Crippen molar-refractivity contribution in [1.82, 2.24) is 4.72 Å². The van der Waals surface area contributed by atoms with Crippen LogP contribution in [-0.4, -0.2) is 39.8 Å². The van der Waals surface area contributed by atoms with Crippen LogP contribution >= 0.6 is 0 Å². The van der Waals surface area contributed by atoms with Crippen LogP contribution in [-0.2, 0) is 14.8 Å². The van der Waals surface area contributed by atoms with E-state index < -0.39 is 16.0 Å². The maximum absolute atomic E-state index is 13.0. The molecule has 1 saturated carbocycles. The lowest BCUT2D eigenvalue weighted by molar-refractivity contribution is -0.131. The smallest absolute Gasteiger partial charge is 0.328 e. The average molecular weight is 397 g/mol. The molecule has 0 amide bonds. The second-order valence-corrected chi connectivity index (χ2v) is 8.27. The van der Waals surface area contributed by atoms with Crippen LogP contribution in [0.5, 0.6) is 11.5 Å². The Kier molecular flexibility index (Phi) is 7.67. The zero-order chi connectivity index (χ0) is 19.9. The topological polar surface area (TPSA) is 102 Å². The van der Waals surface area contributed by atoms with E-state index in [4.69, 9.17) is 14.6 Å². The molecule has 1 fully saturated rings. The first-order valence-electron chi connectivity index (χ1n) is 9.06. The number of rotatable bonds is 7. The average Bonchev–Trinajstić information content (AvgIpc) is 2.61. The minimum absolute atomic E-state index is 0.0588. The highest BCUT2D eigenvalue weighted by Gasteiger charge is 2.26. The molecule has 0 aromatic heterocycles. The molecule has 8 heteroatoms. The monoisotopic (exact) mass is 397 g/mol. The largest absolute Gasteiger partial charge is 0.493 e. The molecule has 27 heavy (non-hydrogen) atoms. The number of hydrogen-bond donors (Lipinski definition) is 2. The first-order valence-corrected chi connectivity index (χ1v) is 10.5. The maximum Gasteiger partial charge on any atom is 0.328 e. The van der Waals surface area contributed by atoms with Crippen molar-refractivity contribution in [3.63, 3.8) is 0 Å². The van der Waals surface area contributed by atoms with Crippen molar-refractivity contribution >= 4 is 22.1 Å². The second-order valence-electron chi connectivity index (χ2n) is 6.59. The van der Waals surface area contributed by atoms with Gasteiger partial charge in [-0.05, 0) is 36.6 Å². The van der Waals surface area contributed by atoms with E-state index in [1.165, 1.54) is 38.8 Å². The van der Waals surface area contributed by atoms with Gasteiger partial charge in [0.05, 0.1) is 14.2 Å². The SMILES string of the molecule is COc1cc(C=CC(=O)O)cc(S(=O)(=O)NC2CCCCCCC2)c1OC. The fourth-order valence-corrected chi connectivity index (χ4v) is 4.79. The van der Waals surface area contributed by atoms with Crippen molar-refractivity contribution in [3.05, 3.63) is 23.8 Å². The number of aliphatic carboxylic acids is 1. The molecule has 1 aliphatic carbocycles. The predicted molar refractivity (Wildman–Crippen MR) is 103 cm³/mol. The summed E-state index contributed by atoms with van der Waals surface area (Å²) in [7, 11) is -1.08. The van der Waals surface area contributed by atoms with Gasteiger partial charge in [-0.15, -0.1) is 0 Å². The van der Waals surface area contributed by atoms with Crippen LogP contribution in [0, 0.1) is 0 Å². The summed E-state index contributed by atoms with van der Waals surface area (Å²) >= 11 is 0. The standard InChI is InChI=1S/C19H27NO6S/c1-25-16-12-14(10-11-18(21)22)13-17(19(16)26-2)27(23,24)20-15-8-6-4-3-5-7-9-15/h10-13,15,20H,3-9H2,1-2H3,(H,21,22). The Hall–Kier alpha value is -2.06. The number of carboxylic acids is 1. The van der Waals surface area contributed by atoms with Gasteiger partial charge in [-0.3, -0.25) is 0 Å². The van der Waals surface area contributed by atoms with Gasteiger partial charge in [0.15, 0.2) is 11.5 Å². The van der Waals surface area contributed by atoms with Gasteiger partial charge < -0.3 is 14.6 Å². The summed E-state index contributed by atoms with van der Waals surface area (Å²) in [6.07, 6.45) is 9.29. The zero-order valence-electron chi connectivity index (χ0n) is 15.7. The quantitative estimate of drug-likeness (QED) is 0.685. The van der Waals surface area contributed by atoms with Gasteiger partial charge in [0.1, 0.15) is 4.90 Å². The molecule has 1 aromatic rings.